The fraction of sp³-hybridized carbons (Fsp3) is 0.125. The molecule has 3 aromatic carbocycles. The summed E-state index contributed by atoms with van der Waals surface area (Å²) >= 11 is 0. The van der Waals surface area contributed by atoms with Crippen LogP contribution >= 0.6 is 0 Å². The molecule has 6 nitrogen and oxygen atoms in total. The summed E-state index contributed by atoms with van der Waals surface area (Å²) in [5, 5.41) is 5.45. The summed E-state index contributed by atoms with van der Waals surface area (Å²) < 4.78 is 5.29. The molecule has 0 aliphatic rings. The molecule has 1 atom stereocenters. The van der Waals surface area contributed by atoms with Crippen LogP contribution in [0.3, 0.4) is 0 Å². The number of para-hydroxylation sites is 1. The van der Waals surface area contributed by atoms with Crippen molar-refractivity contribution in [1.29, 1.82) is 0 Å². The highest BCUT2D eigenvalue weighted by molar-refractivity contribution is 6.08. The lowest BCUT2D eigenvalue weighted by molar-refractivity contribution is -0.119. The minimum Gasteiger partial charge on any atom is -0.497 e. The Morgan fingerprint density at radius 3 is 2.50 bits per heavy atom. The second-order valence-electron chi connectivity index (χ2n) is 7.10. The number of aromatic nitrogens is 1. The number of fused-ring (bicyclic) bond motifs is 2. The minimum absolute atomic E-state index is 0.369. The topological polar surface area (TPSA) is 94.3 Å². The molecule has 2 amide bonds. The van der Waals surface area contributed by atoms with E-state index in [1.54, 1.807) is 20.1 Å². The van der Waals surface area contributed by atoms with Gasteiger partial charge in [-0.1, -0.05) is 36.4 Å². The van der Waals surface area contributed by atoms with Crippen molar-refractivity contribution in [3.05, 3.63) is 72.3 Å². The van der Waals surface area contributed by atoms with Crippen LogP contribution in [-0.2, 0) is 4.79 Å². The van der Waals surface area contributed by atoms with E-state index in [0.717, 1.165) is 22.1 Å². The summed E-state index contributed by atoms with van der Waals surface area (Å²) in [6, 6.07) is 20.2. The zero-order valence-corrected chi connectivity index (χ0v) is 16.7. The molecule has 4 aromatic rings. The van der Waals surface area contributed by atoms with Gasteiger partial charge in [-0.15, -0.1) is 0 Å². The van der Waals surface area contributed by atoms with Crippen molar-refractivity contribution >= 4 is 33.5 Å². The van der Waals surface area contributed by atoms with Gasteiger partial charge in [-0.05, 0) is 48.0 Å². The Morgan fingerprint density at radius 1 is 1.00 bits per heavy atom. The Hall–Kier alpha value is -3.93. The fourth-order valence-corrected chi connectivity index (χ4v) is 3.37. The fourth-order valence-electron chi connectivity index (χ4n) is 3.37. The first-order chi connectivity index (χ1) is 14.5. The third-order valence-electron chi connectivity index (χ3n) is 5.08. The zero-order chi connectivity index (χ0) is 21.3. The monoisotopic (exact) mass is 399 g/mol. The molecule has 0 spiro atoms. The number of amides is 2. The van der Waals surface area contributed by atoms with Crippen molar-refractivity contribution in [3.8, 4) is 17.0 Å². The predicted octanol–water partition coefficient (Wildman–Crippen LogP) is 3.67. The van der Waals surface area contributed by atoms with Crippen LogP contribution in [0.25, 0.3) is 32.9 Å². The largest absolute Gasteiger partial charge is 0.497 e. The maximum absolute atomic E-state index is 12.9. The number of ether oxygens (including phenoxy) is 1. The highest BCUT2D eigenvalue weighted by atomic mass is 16.5. The average molecular weight is 399 g/mol. The predicted molar refractivity (Wildman–Crippen MR) is 117 cm³/mol. The molecular weight excluding hydrogens is 378 g/mol. The normalized spacial score (nSPS) is 11.9. The number of nitrogens with two attached hydrogens (primary N) is 1. The van der Waals surface area contributed by atoms with Gasteiger partial charge >= 0.3 is 0 Å². The second-order valence-corrected chi connectivity index (χ2v) is 7.10. The summed E-state index contributed by atoms with van der Waals surface area (Å²) in [5.41, 5.74) is 7.99. The number of hydrogen-bond donors (Lipinski definition) is 2. The molecule has 0 saturated heterocycles. The van der Waals surface area contributed by atoms with Gasteiger partial charge in [0.15, 0.2) is 0 Å². The first kappa shape index (κ1) is 19.4. The lowest BCUT2D eigenvalue weighted by Crippen LogP contribution is -2.42. The minimum atomic E-state index is -0.775. The van der Waals surface area contributed by atoms with Crippen molar-refractivity contribution in [2.75, 3.05) is 7.11 Å². The van der Waals surface area contributed by atoms with Crippen LogP contribution in [0.4, 0.5) is 0 Å². The number of carbonyl (C=O) groups is 2. The lowest BCUT2D eigenvalue weighted by atomic mass is 10.0. The Bertz CT molecular complexity index is 1280. The number of nitrogens with zero attached hydrogens (tertiary/aromatic N) is 1. The van der Waals surface area contributed by atoms with Crippen LogP contribution in [0.15, 0.2) is 66.7 Å². The second kappa shape index (κ2) is 7.83. The molecule has 150 valence electrons. The molecule has 0 aliphatic carbocycles. The molecule has 3 N–H and O–H groups in total. The van der Waals surface area contributed by atoms with E-state index < -0.39 is 11.9 Å². The number of primary amides is 1. The van der Waals surface area contributed by atoms with Crippen molar-refractivity contribution in [3.63, 3.8) is 0 Å². The molecule has 6 heteroatoms. The Morgan fingerprint density at radius 2 is 1.73 bits per heavy atom. The van der Waals surface area contributed by atoms with Crippen molar-refractivity contribution in [2.24, 2.45) is 5.73 Å². The van der Waals surface area contributed by atoms with Gasteiger partial charge in [0.1, 0.15) is 11.8 Å². The molecule has 0 aliphatic heterocycles. The summed E-state index contributed by atoms with van der Waals surface area (Å²) in [6.45, 7) is 1.56. The van der Waals surface area contributed by atoms with Crippen molar-refractivity contribution in [2.45, 2.75) is 13.0 Å². The highest BCUT2D eigenvalue weighted by Gasteiger charge is 2.18. The molecular formula is C24H21N3O3. The van der Waals surface area contributed by atoms with Gasteiger partial charge in [0.05, 0.1) is 23.9 Å². The number of rotatable bonds is 5. The Labute approximate surface area is 173 Å². The van der Waals surface area contributed by atoms with Crippen LogP contribution in [0.1, 0.15) is 17.3 Å². The molecule has 30 heavy (non-hydrogen) atoms. The van der Waals surface area contributed by atoms with Crippen LogP contribution in [0.5, 0.6) is 5.75 Å². The van der Waals surface area contributed by atoms with E-state index in [0.29, 0.717) is 22.2 Å². The quantitative estimate of drug-likeness (QED) is 0.535. The number of benzene rings is 3. The molecule has 0 radical (unpaired) electrons. The highest BCUT2D eigenvalue weighted by Crippen LogP contribution is 2.29. The van der Waals surface area contributed by atoms with Gasteiger partial charge in [-0.3, -0.25) is 9.59 Å². The van der Waals surface area contributed by atoms with Gasteiger partial charge in [-0.25, -0.2) is 4.98 Å². The van der Waals surface area contributed by atoms with E-state index in [4.69, 9.17) is 15.5 Å². The van der Waals surface area contributed by atoms with Crippen LogP contribution in [-0.4, -0.2) is 29.9 Å². The van der Waals surface area contributed by atoms with E-state index in [1.165, 1.54) is 0 Å². The van der Waals surface area contributed by atoms with Gasteiger partial charge in [0.25, 0.3) is 5.91 Å². The van der Waals surface area contributed by atoms with E-state index in [-0.39, 0.29) is 5.91 Å². The van der Waals surface area contributed by atoms with E-state index in [1.807, 2.05) is 60.7 Å². The summed E-state index contributed by atoms with van der Waals surface area (Å²) in [6.07, 6.45) is 0. The third kappa shape index (κ3) is 3.67. The molecule has 1 unspecified atom stereocenters. The van der Waals surface area contributed by atoms with E-state index in [2.05, 4.69) is 5.32 Å². The van der Waals surface area contributed by atoms with E-state index in [9.17, 15) is 9.59 Å². The summed E-state index contributed by atoms with van der Waals surface area (Å²) in [7, 11) is 1.64. The molecule has 1 heterocycles. The molecule has 0 bridgehead atoms. The number of carbonyl (C=O) groups excluding carboxylic acids is 2. The molecule has 4 rings (SSSR count). The van der Waals surface area contributed by atoms with Gasteiger partial charge in [0.2, 0.25) is 5.91 Å². The number of nitrogens with one attached hydrogen (secondary N) is 1. The number of pyridine rings is 1. The summed E-state index contributed by atoms with van der Waals surface area (Å²) in [4.78, 5) is 29.0. The van der Waals surface area contributed by atoms with Crippen molar-refractivity contribution < 1.29 is 14.3 Å². The standard InChI is InChI=1S/C24H21N3O3/c1-14(23(25)28)26-24(29)20-13-22(27-21-6-4-3-5-19(20)21)17-8-7-16-12-18(30-2)10-9-15(16)11-17/h3-14H,1-2H3,(H2,25,28)(H,26,29). The van der Waals surface area contributed by atoms with Crippen LogP contribution < -0.4 is 15.8 Å². The van der Waals surface area contributed by atoms with E-state index >= 15 is 0 Å². The third-order valence-corrected chi connectivity index (χ3v) is 5.08. The summed E-state index contributed by atoms with van der Waals surface area (Å²) in [5.74, 6) is -0.167. The van der Waals surface area contributed by atoms with Crippen molar-refractivity contribution in [1.82, 2.24) is 10.3 Å². The maximum atomic E-state index is 12.9. The number of methoxy groups -OCH3 is 1. The first-order valence-electron chi connectivity index (χ1n) is 9.54. The Balaban J connectivity index is 1.82. The Kier molecular flexibility index (Phi) is 5.06. The van der Waals surface area contributed by atoms with Gasteiger partial charge in [-0.2, -0.15) is 0 Å². The average Bonchev–Trinajstić information content (AvgIpc) is 2.77. The zero-order valence-electron chi connectivity index (χ0n) is 16.7. The van der Waals surface area contributed by atoms with Gasteiger partial charge in [0, 0.05) is 10.9 Å². The number of hydrogen-bond acceptors (Lipinski definition) is 4. The first-order valence-corrected chi connectivity index (χ1v) is 9.54. The molecule has 0 fully saturated rings. The van der Waals surface area contributed by atoms with Crippen LogP contribution in [0.2, 0.25) is 0 Å². The lowest BCUT2D eigenvalue weighted by Gasteiger charge is -2.13. The van der Waals surface area contributed by atoms with Gasteiger partial charge < -0.3 is 15.8 Å². The smallest absolute Gasteiger partial charge is 0.252 e. The molecule has 1 aromatic heterocycles. The molecule has 0 saturated carbocycles. The maximum Gasteiger partial charge on any atom is 0.252 e. The SMILES string of the molecule is COc1ccc2cc(-c3cc(C(=O)NC(C)C(N)=O)c4ccccc4n3)ccc2c1. The van der Waals surface area contributed by atoms with Crippen LogP contribution in [0, 0.1) is 0 Å².